The summed E-state index contributed by atoms with van der Waals surface area (Å²) >= 11 is 0. The summed E-state index contributed by atoms with van der Waals surface area (Å²) in [7, 11) is 0. The maximum absolute atomic E-state index is 13.8. The highest BCUT2D eigenvalue weighted by Gasteiger charge is 2.32. The van der Waals surface area contributed by atoms with Crippen LogP contribution in [0.4, 0.5) is 4.79 Å². The van der Waals surface area contributed by atoms with Crippen LogP contribution in [0.1, 0.15) is 68.4 Å². The molecule has 0 aromatic heterocycles. The number of aliphatic imine (C=N–C) groups is 1. The summed E-state index contributed by atoms with van der Waals surface area (Å²) in [5.41, 5.74) is 26.4. The van der Waals surface area contributed by atoms with Gasteiger partial charge < -0.3 is 69.8 Å². The van der Waals surface area contributed by atoms with Crippen LogP contribution in [-0.4, -0.2) is 128 Å². The largest absolute Gasteiger partial charge is 0.480 e. The number of hydrogen-bond acceptors (Lipinski definition) is 12. The first-order chi connectivity index (χ1) is 29.3. The highest BCUT2D eigenvalue weighted by atomic mass is 16.5. The number of unbranched alkanes of at least 4 members (excludes halogenated alkanes) is 2. The van der Waals surface area contributed by atoms with E-state index in [-0.39, 0.29) is 50.7 Å². The lowest BCUT2D eigenvalue weighted by atomic mass is 9.98. The van der Waals surface area contributed by atoms with E-state index < -0.39 is 85.5 Å². The highest BCUT2D eigenvalue weighted by molar-refractivity contribution is 5.95. The number of amides is 6. The molecule has 21 nitrogen and oxygen atoms in total. The third-order valence-electron chi connectivity index (χ3n) is 9.74. The fraction of sp³-hybridized carbons (Fsp3) is 0.500. The lowest BCUT2D eigenvalue weighted by molar-refractivity contribution is -0.142. The molecule has 0 fully saturated rings. The maximum atomic E-state index is 13.8. The van der Waals surface area contributed by atoms with E-state index in [0.29, 0.717) is 38.8 Å². The van der Waals surface area contributed by atoms with Crippen LogP contribution >= 0.6 is 0 Å². The van der Waals surface area contributed by atoms with Gasteiger partial charge in [-0.3, -0.25) is 29.0 Å². The quantitative estimate of drug-likeness (QED) is 0.0262. The highest BCUT2D eigenvalue weighted by Crippen LogP contribution is 2.44. The predicted octanol–water partition coefficient (Wildman–Crippen LogP) is -2.03. The number of alkyl carbamates (subject to hydrolysis) is 1. The van der Waals surface area contributed by atoms with Gasteiger partial charge in [0.2, 0.25) is 29.5 Å². The fourth-order valence-electron chi connectivity index (χ4n) is 6.59. The zero-order valence-electron chi connectivity index (χ0n) is 34.0. The Balaban J connectivity index is 1.69. The van der Waals surface area contributed by atoms with E-state index in [1.807, 2.05) is 53.8 Å². The van der Waals surface area contributed by atoms with Gasteiger partial charge in [-0.1, -0.05) is 48.5 Å². The number of nitrogens with zero attached hydrogens (tertiary/aromatic N) is 1. The molecular formula is C40H59N11O10. The van der Waals surface area contributed by atoms with Gasteiger partial charge in [-0.15, -0.1) is 0 Å². The topological polar surface area (TPSA) is 358 Å². The number of carboxylic acids is 1. The van der Waals surface area contributed by atoms with Gasteiger partial charge in [-0.25, -0.2) is 9.59 Å². The number of aliphatic hydroxyl groups is 1. The molecule has 0 bridgehead atoms. The number of fused-ring (bicyclic) bond motifs is 3. The standard InChI is InChI=1S/C40H59N11O10/c41-17-7-5-14-30(36(56)49-29(16-9-19-45-39(43)44)35(55)47-20-33(53)46-21-34(54)48-32(22-52)38(58)59)50-37(57)31(15-6-8-18-42)51-40(60)61-23-28-26-12-3-1-10-24(26)25-11-2-4-13-27(25)28/h1-4,10-13,28-32,52H,5-9,14-23,41-42H2,(H,46,53)(H,47,55)(H,48,54)(H,49,56)(H,50,57)(H,51,60)(H,58,59)(H4,43,44,45). The van der Waals surface area contributed by atoms with E-state index in [1.165, 1.54) is 0 Å². The van der Waals surface area contributed by atoms with Crippen molar-refractivity contribution in [2.45, 2.75) is 81.5 Å². The number of nitrogens with one attached hydrogen (secondary N) is 6. The van der Waals surface area contributed by atoms with Crippen molar-refractivity contribution in [2.24, 2.45) is 27.9 Å². The molecule has 0 heterocycles. The van der Waals surface area contributed by atoms with Crippen LogP contribution in [-0.2, 0) is 33.5 Å². The number of nitrogens with two attached hydrogens (primary N) is 4. The number of hydrogen-bond donors (Lipinski definition) is 12. The zero-order chi connectivity index (χ0) is 44.7. The van der Waals surface area contributed by atoms with E-state index in [1.54, 1.807) is 0 Å². The van der Waals surface area contributed by atoms with Gasteiger partial charge in [0.15, 0.2) is 5.96 Å². The number of aliphatic hydroxyl groups excluding tert-OH is 1. The van der Waals surface area contributed by atoms with Gasteiger partial charge in [0, 0.05) is 12.5 Å². The number of carbonyl (C=O) groups is 7. The fourth-order valence-corrected chi connectivity index (χ4v) is 6.59. The molecule has 334 valence electrons. The number of carbonyl (C=O) groups excluding carboxylic acids is 6. The molecular weight excluding hydrogens is 795 g/mol. The predicted molar refractivity (Wildman–Crippen MR) is 224 cm³/mol. The van der Waals surface area contributed by atoms with E-state index in [4.69, 9.17) is 37.9 Å². The number of aliphatic carboxylic acids is 1. The summed E-state index contributed by atoms with van der Waals surface area (Å²) in [4.78, 5) is 93.7. The lowest BCUT2D eigenvalue weighted by Crippen LogP contribution is -2.57. The van der Waals surface area contributed by atoms with E-state index in [9.17, 15) is 33.6 Å². The van der Waals surface area contributed by atoms with Crippen LogP contribution in [0, 0.1) is 0 Å². The van der Waals surface area contributed by atoms with Crippen molar-refractivity contribution in [3.63, 3.8) is 0 Å². The van der Waals surface area contributed by atoms with Gasteiger partial charge in [-0.05, 0) is 86.7 Å². The molecule has 0 radical (unpaired) electrons. The van der Waals surface area contributed by atoms with Crippen molar-refractivity contribution in [1.29, 1.82) is 0 Å². The Morgan fingerprint density at radius 2 is 1.15 bits per heavy atom. The second-order valence-electron chi connectivity index (χ2n) is 14.3. The molecule has 61 heavy (non-hydrogen) atoms. The number of ether oxygens (including phenoxy) is 1. The van der Waals surface area contributed by atoms with Crippen LogP contribution in [0.5, 0.6) is 0 Å². The smallest absolute Gasteiger partial charge is 0.407 e. The first-order valence-corrected chi connectivity index (χ1v) is 20.1. The third-order valence-corrected chi connectivity index (χ3v) is 9.74. The van der Waals surface area contributed by atoms with E-state index in [0.717, 1.165) is 22.3 Å². The van der Waals surface area contributed by atoms with Gasteiger partial charge >= 0.3 is 12.1 Å². The van der Waals surface area contributed by atoms with E-state index >= 15 is 0 Å². The van der Waals surface area contributed by atoms with E-state index in [2.05, 4.69) is 31.6 Å². The average molecular weight is 854 g/mol. The molecule has 1 aliphatic rings. The van der Waals surface area contributed by atoms with Crippen molar-refractivity contribution >= 4 is 47.6 Å². The van der Waals surface area contributed by atoms with Crippen molar-refractivity contribution in [1.82, 2.24) is 31.9 Å². The molecule has 4 atom stereocenters. The van der Waals surface area contributed by atoms with Crippen molar-refractivity contribution in [2.75, 3.05) is 45.9 Å². The molecule has 4 unspecified atom stereocenters. The zero-order valence-corrected chi connectivity index (χ0v) is 34.0. The lowest BCUT2D eigenvalue weighted by Gasteiger charge is -2.25. The summed E-state index contributed by atoms with van der Waals surface area (Å²) in [6, 6.07) is 10.6. The Bertz CT molecular complexity index is 1800. The van der Waals surface area contributed by atoms with Crippen LogP contribution in [0.25, 0.3) is 11.1 Å². The summed E-state index contributed by atoms with van der Waals surface area (Å²) in [5.74, 6) is -5.77. The molecule has 0 saturated heterocycles. The molecule has 0 aliphatic heterocycles. The van der Waals surface area contributed by atoms with Crippen LogP contribution in [0.15, 0.2) is 53.5 Å². The summed E-state index contributed by atoms with van der Waals surface area (Å²) in [6.45, 7) is -1.36. The molecule has 1 aliphatic carbocycles. The second kappa shape index (κ2) is 26.0. The molecule has 3 rings (SSSR count). The monoisotopic (exact) mass is 853 g/mol. The third kappa shape index (κ3) is 16.3. The molecule has 21 heteroatoms. The average Bonchev–Trinajstić information content (AvgIpc) is 3.56. The van der Waals surface area contributed by atoms with Gasteiger partial charge in [0.25, 0.3) is 0 Å². The SMILES string of the molecule is NCCCCC(NC(=O)OCC1c2ccccc2-c2ccccc21)C(=O)NC(CCCCN)C(=O)NC(CCCN=C(N)N)C(=O)NCC(=O)NCC(=O)NC(CO)C(=O)O. The molecule has 0 spiro atoms. The minimum atomic E-state index is -1.57. The number of benzene rings is 2. The molecule has 2 aromatic rings. The Morgan fingerprint density at radius 3 is 1.67 bits per heavy atom. The first-order valence-electron chi connectivity index (χ1n) is 20.1. The molecule has 2 aromatic carbocycles. The number of guanidine groups is 1. The Hall–Kier alpha value is -6.32. The molecule has 6 amide bonds. The number of carboxylic acid groups (broad SMARTS) is 1. The van der Waals surface area contributed by atoms with Gasteiger partial charge in [-0.2, -0.15) is 0 Å². The summed E-state index contributed by atoms with van der Waals surface area (Å²) in [6.07, 6.45) is 1.69. The first kappa shape index (κ1) is 49.0. The Kier molecular flexibility index (Phi) is 20.9. The number of rotatable bonds is 27. The minimum absolute atomic E-state index is 0.00460. The van der Waals surface area contributed by atoms with Gasteiger partial charge in [0.1, 0.15) is 30.8 Å². The Labute approximate surface area is 353 Å². The van der Waals surface area contributed by atoms with Crippen molar-refractivity contribution in [3.8, 4) is 11.1 Å². The molecule has 0 saturated carbocycles. The normalized spacial score (nSPS) is 13.5. The van der Waals surface area contributed by atoms with Gasteiger partial charge in [0.05, 0.1) is 19.7 Å². The Morgan fingerprint density at radius 1 is 0.639 bits per heavy atom. The second-order valence-corrected chi connectivity index (χ2v) is 14.3. The van der Waals surface area contributed by atoms with Crippen LogP contribution in [0.3, 0.4) is 0 Å². The molecule has 16 N–H and O–H groups in total. The van der Waals surface area contributed by atoms with Crippen molar-refractivity contribution in [3.05, 3.63) is 59.7 Å². The van der Waals surface area contributed by atoms with Crippen molar-refractivity contribution < 1.29 is 48.5 Å². The van der Waals surface area contributed by atoms with Crippen LogP contribution < -0.4 is 54.8 Å². The minimum Gasteiger partial charge on any atom is -0.480 e. The summed E-state index contributed by atoms with van der Waals surface area (Å²) < 4.78 is 5.70. The summed E-state index contributed by atoms with van der Waals surface area (Å²) in [5, 5.41) is 32.7. The van der Waals surface area contributed by atoms with Crippen LogP contribution in [0.2, 0.25) is 0 Å². The maximum Gasteiger partial charge on any atom is 0.407 e.